The molecule has 0 rings (SSSR count). The highest BCUT2D eigenvalue weighted by Crippen LogP contribution is 1.79. The van der Waals surface area contributed by atoms with Crippen LogP contribution in [0.5, 0.6) is 0 Å². The van der Waals surface area contributed by atoms with Gasteiger partial charge in [-0.3, -0.25) is 0 Å². The van der Waals surface area contributed by atoms with E-state index in [9.17, 15) is 0 Å². The van der Waals surface area contributed by atoms with Gasteiger partial charge in [-0.2, -0.15) is 0 Å². The predicted molar refractivity (Wildman–Crippen MR) is 37.4 cm³/mol. The maximum Gasteiger partial charge on any atom is 0.0890 e. The summed E-state index contributed by atoms with van der Waals surface area (Å²) in [5, 5.41) is 10.7. The van der Waals surface area contributed by atoms with Crippen molar-refractivity contribution in [2.24, 2.45) is 10.9 Å². The molecule has 0 saturated heterocycles. The lowest BCUT2D eigenvalue weighted by atomic mass is 10.4. The Morgan fingerprint density at radius 1 is 1.67 bits per heavy atom. The Morgan fingerprint density at radius 2 is 2.33 bits per heavy atom. The summed E-state index contributed by atoms with van der Waals surface area (Å²) in [4.78, 5) is 0. The molecule has 0 aliphatic heterocycles. The maximum atomic E-state index is 7.96. The van der Waals surface area contributed by atoms with Crippen LogP contribution in [0.1, 0.15) is 6.92 Å². The molecule has 9 heavy (non-hydrogen) atoms. The van der Waals surface area contributed by atoms with E-state index in [0.29, 0.717) is 5.70 Å². The molecule has 0 heterocycles. The quantitative estimate of drug-likeness (QED) is 0.249. The third kappa shape index (κ3) is 4.61. The molecule has 0 spiro atoms. The molecule has 0 atom stereocenters. The van der Waals surface area contributed by atoms with Crippen molar-refractivity contribution in [3.8, 4) is 0 Å². The third-order valence-corrected chi connectivity index (χ3v) is 0.688. The molecule has 0 aromatic carbocycles. The summed E-state index contributed by atoms with van der Waals surface area (Å²) in [6.07, 6.45) is 6.40. The SMILES string of the molecule is C\C=C/C=C(N)\C=N\O. The Labute approximate surface area is 54.2 Å². The zero-order valence-electron chi connectivity index (χ0n) is 5.28. The average Bonchev–Trinajstić information content (AvgIpc) is 1.85. The Kier molecular flexibility index (Phi) is 4.22. The van der Waals surface area contributed by atoms with Gasteiger partial charge < -0.3 is 10.9 Å². The van der Waals surface area contributed by atoms with E-state index in [1.807, 2.05) is 13.0 Å². The van der Waals surface area contributed by atoms with E-state index in [4.69, 9.17) is 10.9 Å². The Morgan fingerprint density at radius 3 is 2.78 bits per heavy atom. The Balaban J connectivity index is 3.84. The molecule has 0 radical (unpaired) electrons. The fourth-order valence-corrected chi connectivity index (χ4v) is 0.317. The molecule has 0 saturated carbocycles. The van der Waals surface area contributed by atoms with Crippen LogP contribution in [0.3, 0.4) is 0 Å². The first-order valence-corrected chi connectivity index (χ1v) is 2.57. The zero-order valence-corrected chi connectivity index (χ0v) is 5.28. The first-order valence-electron chi connectivity index (χ1n) is 2.57. The van der Waals surface area contributed by atoms with Gasteiger partial charge in [-0.1, -0.05) is 17.3 Å². The minimum Gasteiger partial charge on any atom is -0.411 e. The lowest BCUT2D eigenvalue weighted by Gasteiger charge is -1.83. The molecule has 3 heteroatoms. The Bertz CT molecular complexity index is 147. The third-order valence-electron chi connectivity index (χ3n) is 0.688. The minimum atomic E-state index is 0.426. The van der Waals surface area contributed by atoms with Crippen molar-refractivity contribution in [1.82, 2.24) is 0 Å². The van der Waals surface area contributed by atoms with Crippen LogP contribution in [0.4, 0.5) is 0 Å². The van der Waals surface area contributed by atoms with Gasteiger partial charge in [0.1, 0.15) is 0 Å². The van der Waals surface area contributed by atoms with Crippen molar-refractivity contribution < 1.29 is 5.21 Å². The van der Waals surface area contributed by atoms with Gasteiger partial charge in [-0.15, -0.1) is 0 Å². The fourth-order valence-electron chi connectivity index (χ4n) is 0.317. The largest absolute Gasteiger partial charge is 0.411 e. The van der Waals surface area contributed by atoms with Gasteiger partial charge in [-0.05, 0) is 13.0 Å². The number of rotatable bonds is 2. The van der Waals surface area contributed by atoms with Crippen LogP contribution >= 0.6 is 0 Å². The zero-order chi connectivity index (χ0) is 7.11. The highest BCUT2D eigenvalue weighted by atomic mass is 16.4. The van der Waals surface area contributed by atoms with Gasteiger partial charge in [-0.25, -0.2) is 0 Å². The molecular weight excluding hydrogens is 116 g/mol. The lowest BCUT2D eigenvalue weighted by molar-refractivity contribution is 0.321. The second-order valence-electron chi connectivity index (χ2n) is 1.44. The van der Waals surface area contributed by atoms with Gasteiger partial charge in [0.15, 0.2) is 0 Å². The monoisotopic (exact) mass is 126 g/mol. The van der Waals surface area contributed by atoms with E-state index in [0.717, 1.165) is 0 Å². The number of hydrogen-bond acceptors (Lipinski definition) is 3. The molecule has 0 bridgehead atoms. The van der Waals surface area contributed by atoms with Crippen LogP contribution in [0, 0.1) is 0 Å². The highest BCUT2D eigenvalue weighted by molar-refractivity contribution is 5.76. The van der Waals surface area contributed by atoms with Crippen molar-refractivity contribution in [3.05, 3.63) is 23.9 Å². The smallest absolute Gasteiger partial charge is 0.0890 e. The predicted octanol–water partition coefficient (Wildman–Crippen LogP) is 0.865. The summed E-state index contributed by atoms with van der Waals surface area (Å²) >= 11 is 0. The molecule has 0 unspecified atom stereocenters. The molecule has 0 aliphatic rings. The normalized spacial score (nSPS) is 13.7. The van der Waals surface area contributed by atoms with E-state index in [1.165, 1.54) is 6.21 Å². The first-order chi connectivity index (χ1) is 4.31. The number of allylic oxidation sites excluding steroid dienone is 4. The second-order valence-corrected chi connectivity index (χ2v) is 1.44. The van der Waals surface area contributed by atoms with Gasteiger partial charge in [0, 0.05) is 0 Å². The molecule has 0 fully saturated rings. The van der Waals surface area contributed by atoms with Crippen LogP contribution < -0.4 is 5.73 Å². The van der Waals surface area contributed by atoms with Crippen LogP contribution in [0.15, 0.2) is 29.1 Å². The number of nitrogens with two attached hydrogens (primary N) is 1. The van der Waals surface area contributed by atoms with Crippen molar-refractivity contribution in [1.29, 1.82) is 0 Å². The van der Waals surface area contributed by atoms with Gasteiger partial charge in [0.05, 0.1) is 11.9 Å². The number of hydrogen-bond donors (Lipinski definition) is 2. The fraction of sp³-hybridized carbons (Fsp3) is 0.167. The lowest BCUT2D eigenvalue weighted by Crippen LogP contribution is -1.96. The number of oxime groups is 1. The van der Waals surface area contributed by atoms with E-state index >= 15 is 0 Å². The Hall–Kier alpha value is -1.25. The second kappa shape index (κ2) is 4.90. The van der Waals surface area contributed by atoms with Crippen molar-refractivity contribution in [2.75, 3.05) is 0 Å². The van der Waals surface area contributed by atoms with Crippen LogP contribution in [-0.4, -0.2) is 11.4 Å². The minimum absolute atomic E-state index is 0.426. The van der Waals surface area contributed by atoms with E-state index in [-0.39, 0.29) is 0 Å². The van der Waals surface area contributed by atoms with Gasteiger partial charge in [0.2, 0.25) is 0 Å². The summed E-state index contributed by atoms with van der Waals surface area (Å²) in [5.74, 6) is 0. The van der Waals surface area contributed by atoms with Crippen molar-refractivity contribution in [3.63, 3.8) is 0 Å². The summed E-state index contributed by atoms with van der Waals surface area (Å²) < 4.78 is 0. The van der Waals surface area contributed by atoms with Gasteiger partial charge >= 0.3 is 0 Å². The van der Waals surface area contributed by atoms with Crippen molar-refractivity contribution in [2.45, 2.75) is 6.92 Å². The summed E-state index contributed by atoms with van der Waals surface area (Å²) in [6.45, 7) is 1.87. The van der Waals surface area contributed by atoms with E-state index < -0.39 is 0 Å². The van der Waals surface area contributed by atoms with Crippen LogP contribution in [0.25, 0.3) is 0 Å². The topological polar surface area (TPSA) is 58.6 Å². The number of nitrogens with zero attached hydrogens (tertiary/aromatic N) is 1. The molecule has 0 aromatic heterocycles. The molecule has 0 amide bonds. The van der Waals surface area contributed by atoms with E-state index in [1.54, 1.807) is 12.2 Å². The summed E-state index contributed by atoms with van der Waals surface area (Å²) in [6, 6.07) is 0. The molecule has 0 aliphatic carbocycles. The summed E-state index contributed by atoms with van der Waals surface area (Å²) in [5.41, 5.74) is 5.70. The van der Waals surface area contributed by atoms with Crippen LogP contribution in [-0.2, 0) is 0 Å². The molecule has 0 aromatic rings. The summed E-state index contributed by atoms with van der Waals surface area (Å²) in [7, 11) is 0. The van der Waals surface area contributed by atoms with Crippen LogP contribution in [0.2, 0.25) is 0 Å². The van der Waals surface area contributed by atoms with Crippen molar-refractivity contribution >= 4 is 6.21 Å². The molecule has 3 nitrogen and oxygen atoms in total. The van der Waals surface area contributed by atoms with E-state index in [2.05, 4.69) is 5.16 Å². The highest BCUT2D eigenvalue weighted by Gasteiger charge is 1.75. The molecule has 3 N–H and O–H groups in total. The molecule has 50 valence electrons. The average molecular weight is 126 g/mol. The first kappa shape index (κ1) is 7.75. The standard InChI is InChI=1S/C6H10N2O/c1-2-3-4-6(7)5-8-9/h2-5,9H,7H2,1H3/b3-2-,6-4+,8-5+. The van der Waals surface area contributed by atoms with Gasteiger partial charge in [0.25, 0.3) is 0 Å². The maximum absolute atomic E-state index is 7.96. The molecular formula is C6H10N2O.